The van der Waals surface area contributed by atoms with Gasteiger partial charge in [-0.3, -0.25) is 14.9 Å². The Morgan fingerprint density at radius 1 is 1.10 bits per heavy atom. The van der Waals surface area contributed by atoms with Gasteiger partial charge < -0.3 is 9.26 Å². The highest BCUT2D eigenvalue weighted by Gasteiger charge is 2.16. The zero-order valence-electron chi connectivity index (χ0n) is 15.5. The number of hydrogen-bond donors (Lipinski definition) is 2. The number of aryl methyl sites for hydroxylation is 1. The minimum absolute atomic E-state index is 0.103. The van der Waals surface area contributed by atoms with Crippen LogP contribution in [0.2, 0.25) is 0 Å². The molecule has 152 valence electrons. The number of nitrogens with zero attached hydrogens (tertiary/aromatic N) is 1. The van der Waals surface area contributed by atoms with Gasteiger partial charge in [0.1, 0.15) is 0 Å². The topological polar surface area (TPSA) is 128 Å². The average molecular weight is 417 g/mol. The van der Waals surface area contributed by atoms with Crippen LogP contribution in [0.25, 0.3) is 10.8 Å². The summed E-state index contributed by atoms with van der Waals surface area (Å²) in [5.74, 6) is -1.16. The third-order valence-electron chi connectivity index (χ3n) is 3.91. The maximum absolute atomic E-state index is 12.4. The molecule has 0 saturated heterocycles. The summed E-state index contributed by atoms with van der Waals surface area (Å²) >= 11 is 0. The van der Waals surface area contributed by atoms with E-state index in [4.69, 9.17) is 9.26 Å². The van der Waals surface area contributed by atoms with Gasteiger partial charge in [0.25, 0.3) is 5.91 Å². The number of esters is 1. The van der Waals surface area contributed by atoms with Crippen molar-refractivity contribution in [3.8, 4) is 0 Å². The van der Waals surface area contributed by atoms with Gasteiger partial charge in [0.05, 0.1) is 17.0 Å². The van der Waals surface area contributed by atoms with Crippen molar-refractivity contribution in [3.05, 3.63) is 54.2 Å². The number of rotatable bonds is 8. The molecule has 1 amide bonds. The van der Waals surface area contributed by atoms with Crippen LogP contribution in [0.4, 0.5) is 5.88 Å². The highest BCUT2D eigenvalue weighted by Crippen LogP contribution is 2.18. The molecule has 2 aromatic carbocycles. The molecule has 3 rings (SSSR count). The molecular formula is C19H19N3O6S. The van der Waals surface area contributed by atoms with Gasteiger partial charge in [-0.1, -0.05) is 35.5 Å². The Hall–Kier alpha value is -3.24. The number of nitrogens with one attached hydrogen (secondary N) is 2. The van der Waals surface area contributed by atoms with Crippen molar-refractivity contribution in [3.63, 3.8) is 0 Å². The van der Waals surface area contributed by atoms with E-state index in [1.807, 2.05) is 24.3 Å². The molecule has 0 aliphatic heterocycles. The first-order valence-corrected chi connectivity index (χ1v) is 10.2. The number of carbonyl (C=O) groups excluding carboxylic acids is 2. The van der Waals surface area contributed by atoms with Crippen LogP contribution < -0.4 is 10.0 Å². The van der Waals surface area contributed by atoms with Crippen LogP contribution in [0, 0.1) is 6.92 Å². The molecule has 9 nitrogen and oxygen atoms in total. The molecule has 0 unspecified atom stereocenters. The van der Waals surface area contributed by atoms with Gasteiger partial charge in [0, 0.05) is 12.6 Å². The number of ether oxygens (including phenoxy) is 1. The second kappa shape index (κ2) is 8.84. The Morgan fingerprint density at radius 3 is 2.59 bits per heavy atom. The van der Waals surface area contributed by atoms with Crippen molar-refractivity contribution >= 4 is 38.6 Å². The Balaban J connectivity index is 1.45. The summed E-state index contributed by atoms with van der Waals surface area (Å²) in [7, 11) is -3.77. The summed E-state index contributed by atoms with van der Waals surface area (Å²) in [6.07, 6.45) is -0.221. The lowest BCUT2D eigenvalue weighted by Crippen LogP contribution is -2.28. The largest absolute Gasteiger partial charge is 0.456 e. The maximum Gasteiger partial charge on any atom is 0.307 e. The fourth-order valence-electron chi connectivity index (χ4n) is 2.52. The predicted octanol–water partition coefficient (Wildman–Crippen LogP) is 1.99. The molecule has 29 heavy (non-hydrogen) atoms. The molecule has 3 aromatic rings. The fraction of sp³-hybridized carbons (Fsp3) is 0.211. The van der Waals surface area contributed by atoms with Gasteiger partial charge in [-0.2, -0.15) is 0 Å². The number of carbonyl (C=O) groups is 2. The molecule has 10 heteroatoms. The molecule has 1 aromatic heterocycles. The zero-order valence-corrected chi connectivity index (χ0v) is 16.4. The number of fused-ring (bicyclic) bond motifs is 1. The maximum atomic E-state index is 12.4. The second-order valence-corrected chi connectivity index (χ2v) is 7.97. The SMILES string of the molecule is Cc1cc(NC(=O)COC(=O)CCNS(=O)(=O)c2ccc3ccccc3c2)on1. The summed E-state index contributed by atoms with van der Waals surface area (Å²) < 4.78 is 36.7. The summed E-state index contributed by atoms with van der Waals surface area (Å²) in [5.41, 5.74) is 0.594. The van der Waals surface area contributed by atoms with E-state index in [-0.39, 0.29) is 23.7 Å². The molecule has 1 heterocycles. The Kier molecular flexibility index (Phi) is 6.25. The van der Waals surface area contributed by atoms with Crippen molar-refractivity contribution in [2.75, 3.05) is 18.5 Å². The lowest BCUT2D eigenvalue weighted by atomic mass is 10.1. The number of aromatic nitrogens is 1. The highest BCUT2D eigenvalue weighted by atomic mass is 32.2. The van der Waals surface area contributed by atoms with E-state index in [0.717, 1.165) is 10.8 Å². The Bertz CT molecular complexity index is 1140. The summed E-state index contributed by atoms with van der Waals surface area (Å²) in [6, 6.07) is 13.7. The minimum Gasteiger partial charge on any atom is -0.456 e. The van der Waals surface area contributed by atoms with E-state index in [1.54, 1.807) is 19.1 Å². The number of hydrogen-bond acceptors (Lipinski definition) is 7. The average Bonchev–Trinajstić information content (AvgIpc) is 3.10. The van der Waals surface area contributed by atoms with Crippen LogP contribution in [0.5, 0.6) is 0 Å². The first-order chi connectivity index (χ1) is 13.8. The lowest BCUT2D eigenvalue weighted by Gasteiger charge is -2.08. The van der Waals surface area contributed by atoms with E-state index >= 15 is 0 Å². The molecule has 0 spiro atoms. The van der Waals surface area contributed by atoms with Gasteiger partial charge in [-0.25, -0.2) is 13.1 Å². The summed E-state index contributed by atoms with van der Waals surface area (Å²) in [6.45, 7) is 1.02. The van der Waals surface area contributed by atoms with Crippen molar-refractivity contribution in [2.45, 2.75) is 18.2 Å². The molecule has 0 fully saturated rings. The van der Waals surface area contributed by atoms with Gasteiger partial charge >= 0.3 is 5.97 Å². The van der Waals surface area contributed by atoms with Crippen molar-refractivity contribution in [1.82, 2.24) is 9.88 Å². The van der Waals surface area contributed by atoms with Gasteiger partial charge in [0.2, 0.25) is 15.9 Å². The Labute approximate surface area is 167 Å². The summed E-state index contributed by atoms with van der Waals surface area (Å²) in [4.78, 5) is 23.5. The first-order valence-electron chi connectivity index (χ1n) is 8.71. The van der Waals surface area contributed by atoms with Crippen LogP contribution >= 0.6 is 0 Å². The standard InChI is InChI=1S/C19H19N3O6S/c1-13-10-18(28-22-13)21-17(23)12-27-19(24)8-9-20-29(25,26)16-7-6-14-4-2-3-5-15(14)11-16/h2-7,10-11,20H,8-9,12H2,1H3,(H,21,23). The molecule has 2 N–H and O–H groups in total. The smallest absolute Gasteiger partial charge is 0.307 e. The molecule has 0 bridgehead atoms. The van der Waals surface area contributed by atoms with E-state index in [2.05, 4.69) is 15.2 Å². The van der Waals surface area contributed by atoms with Crippen molar-refractivity contribution in [1.29, 1.82) is 0 Å². The predicted molar refractivity (Wildman–Crippen MR) is 105 cm³/mol. The van der Waals surface area contributed by atoms with Gasteiger partial charge in [0.15, 0.2) is 6.61 Å². The van der Waals surface area contributed by atoms with Crippen LogP contribution in [0.3, 0.4) is 0 Å². The van der Waals surface area contributed by atoms with Gasteiger partial charge in [-0.15, -0.1) is 0 Å². The summed E-state index contributed by atoms with van der Waals surface area (Å²) in [5, 5.41) is 7.70. The molecule has 0 radical (unpaired) electrons. The first kappa shape index (κ1) is 20.5. The van der Waals surface area contributed by atoms with E-state index < -0.39 is 28.5 Å². The highest BCUT2D eigenvalue weighted by molar-refractivity contribution is 7.89. The molecular weight excluding hydrogens is 398 g/mol. The molecule has 0 aliphatic carbocycles. The number of anilines is 1. The van der Waals surface area contributed by atoms with Crippen molar-refractivity contribution in [2.24, 2.45) is 0 Å². The normalized spacial score (nSPS) is 11.3. The quantitative estimate of drug-likeness (QED) is 0.537. The molecule has 0 saturated carbocycles. The number of amides is 1. The van der Waals surface area contributed by atoms with E-state index in [1.165, 1.54) is 12.1 Å². The van der Waals surface area contributed by atoms with E-state index in [0.29, 0.717) is 5.69 Å². The Morgan fingerprint density at radius 2 is 1.86 bits per heavy atom. The van der Waals surface area contributed by atoms with Crippen LogP contribution in [-0.2, 0) is 24.3 Å². The van der Waals surface area contributed by atoms with Crippen LogP contribution in [-0.4, -0.2) is 38.6 Å². The lowest BCUT2D eigenvalue weighted by molar-refractivity contribution is -0.147. The molecule has 0 atom stereocenters. The zero-order chi connectivity index (χ0) is 20.9. The third kappa shape index (κ3) is 5.62. The van der Waals surface area contributed by atoms with Crippen molar-refractivity contribution < 1.29 is 27.3 Å². The minimum atomic E-state index is -3.77. The van der Waals surface area contributed by atoms with Crippen LogP contribution in [0.1, 0.15) is 12.1 Å². The molecule has 0 aliphatic rings. The second-order valence-electron chi connectivity index (χ2n) is 6.20. The van der Waals surface area contributed by atoms with Gasteiger partial charge in [-0.05, 0) is 29.8 Å². The monoisotopic (exact) mass is 417 g/mol. The fourth-order valence-corrected chi connectivity index (χ4v) is 3.59. The van der Waals surface area contributed by atoms with Crippen LogP contribution in [0.15, 0.2) is 57.9 Å². The number of benzene rings is 2. The number of sulfonamides is 1. The third-order valence-corrected chi connectivity index (χ3v) is 5.37. The van der Waals surface area contributed by atoms with E-state index in [9.17, 15) is 18.0 Å².